The largest absolute Gasteiger partial charge is 4.00 e. The summed E-state index contributed by atoms with van der Waals surface area (Å²) in [6.45, 7) is 0. The van der Waals surface area contributed by atoms with Crippen LogP contribution in [-0.4, -0.2) is 26.2 Å². The van der Waals surface area contributed by atoms with Crippen molar-refractivity contribution in [2.45, 2.75) is 0 Å². The van der Waals surface area contributed by atoms with Gasteiger partial charge in [-0.15, -0.1) is 0 Å². The molecule has 0 fully saturated rings. The normalized spacial score (nSPS) is 2.57. The van der Waals surface area contributed by atoms with Crippen molar-refractivity contribution >= 4 is 58.7 Å². The van der Waals surface area contributed by atoms with Gasteiger partial charge in [0.2, 0.25) is 0 Å². The van der Waals surface area contributed by atoms with Gasteiger partial charge in [0, 0.05) is 0 Å². The Hall–Kier alpha value is 2.44. The van der Waals surface area contributed by atoms with Gasteiger partial charge in [-0.25, -0.2) is 2.92 Å². The van der Waals surface area contributed by atoms with Gasteiger partial charge in [-0.3, -0.25) is 0 Å². The van der Waals surface area contributed by atoms with Crippen LogP contribution in [0, 0.1) is 0 Å². The monoisotopic (exact) mass is 463 g/mol. The van der Waals surface area contributed by atoms with E-state index in [9.17, 15) is 0 Å². The van der Waals surface area contributed by atoms with Crippen LogP contribution < -0.4 is 0 Å². The molecule has 0 saturated heterocycles. The van der Waals surface area contributed by atoms with Crippen molar-refractivity contribution in [3.63, 3.8) is 0 Å². The SMILES string of the molecule is BrOBr.[Bi+3].[O-2].[O-2].[Ti+4]. The van der Waals surface area contributed by atoms with Crippen LogP contribution in [0.25, 0.3) is 0 Å². The molecule has 0 aromatic heterocycles. The molecular formula is BiBr2O3Ti+3. The zero-order chi connectivity index (χ0) is 2.71. The molecule has 0 amide bonds. The molecule has 0 bridgehead atoms. The van der Waals surface area contributed by atoms with E-state index in [-0.39, 0.29) is 58.9 Å². The van der Waals surface area contributed by atoms with E-state index in [2.05, 4.69) is 35.4 Å². The molecule has 0 aromatic carbocycles. The van der Waals surface area contributed by atoms with E-state index in [0.29, 0.717) is 0 Å². The minimum absolute atomic E-state index is 0. The predicted octanol–water partition coefficient (Wildman–Crippen LogP) is 1.00. The third-order valence-corrected chi connectivity index (χ3v) is 0. The average Bonchev–Trinajstić information content (AvgIpc) is 0.918. The third kappa shape index (κ3) is 58.9. The van der Waals surface area contributed by atoms with Gasteiger partial charge in [-0.2, -0.15) is 0 Å². The first-order valence-electron chi connectivity index (χ1n) is 0.309. The molecule has 0 atom stereocenters. The van der Waals surface area contributed by atoms with E-state index in [1.54, 1.807) is 0 Å². The zero-order valence-electron chi connectivity index (χ0n) is 2.93. The first-order chi connectivity index (χ1) is 1.41. The third-order valence-electron chi connectivity index (χ3n) is 0. The Labute approximate surface area is 93.1 Å². The van der Waals surface area contributed by atoms with Crippen molar-refractivity contribution in [2.75, 3.05) is 0 Å². The van der Waals surface area contributed by atoms with Gasteiger partial charge in [-0.05, 0) is 0 Å². The second-order valence-electron chi connectivity index (χ2n) is 0.0583. The first-order valence-corrected chi connectivity index (χ1v) is 1.60. The second kappa shape index (κ2) is 39.5. The Morgan fingerprint density at radius 1 is 1.00 bits per heavy atom. The molecule has 38 valence electrons. The summed E-state index contributed by atoms with van der Waals surface area (Å²) < 4.78 is 3.88. The van der Waals surface area contributed by atoms with Gasteiger partial charge in [0.1, 0.15) is 32.5 Å². The van der Waals surface area contributed by atoms with Gasteiger partial charge in [0.25, 0.3) is 0 Å². The standard InChI is InChI=1S/Bi.Br2O.2O.Ti/c;1-3-2;;;/q+3;;2*-2;+4. The topological polar surface area (TPSA) is 66.2 Å². The van der Waals surface area contributed by atoms with E-state index in [1.807, 2.05) is 0 Å². The maximum Gasteiger partial charge on any atom is 4.00 e. The van der Waals surface area contributed by atoms with Crippen LogP contribution in [0.3, 0.4) is 0 Å². The summed E-state index contributed by atoms with van der Waals surface area (Å²) in [5.74, 6) is 0. The quantitative estimate of drug-likeness (QED) is 0.494. The number of hydrogen-bond donors (Lipinski definition) is 0. The Bertz CT molecular complexity index is 12.9. The van der Waals surface area contributed by atoms with Crippen LogP contribution in [0.5, 0.6) is 0 Å². The summed E-state index contributed by atoms with van der Waals surface area (Å²) in [6, 6.07) is 0. The molecule has 0 unspecified atom stereocenters. The molecule has 0 heterocycles. The molecule has 0 aromatic rings. The minimum atomic E-state index is 0. The van der Waals surface area contributed by atoms with Gasteiger partial charge < -0.3 is 11.0 Å². The summed E-state index contributed by atoms with van der Waals surface area (Å²) in [5, 5.41) is 0. The molecule has 7 heteroatoms. The molecule has 0 saturated carbocycles. The van der Waals surface area contributed by atoms with Crippen molar-refractivity contribution < 1.29 is 35.6 Å². The summed E-state index contributed by atoms with van der Waals surface area (Å²) in [7, 11) is 0. The second-order valence-corrected chi connectivity index (χ2v) is 1.57. The maximum atomic E-state index is 3.88. The molecule has 0 rings (SSSR count). The smallest absolute Gasteiger partial charge is 2.00 e. The summed E-state index contributed by atoms with van der Waals surface area (Å²) >= 11 is 5.12. The molecule has 2 radical (unpaired) electrons. The molecule has 7 heavy (non-hydrogen) atoms. The van der Waals surface area contributed by atoms with Crippen molar-refractivity contribution in [3.05, 3.63) is 0 Å². The Kier molecular flexibility index (Phi) is 193. The fraction of sp³-hybridized carbons (Fsp3) is 0. The first kappa shape index (κ1) is 34.1. The average molecular weight is 465 g/mol. The summed E-state index contributed by atoms with van der Waals surface area (Å²) in [6.07, 6.45) is 0. The van der Waals surface area contributed by atoms with Crippen LogP contribution in [0.1, 0.15) is 0 Å². The van der Waals surface area contributed by atoms with Crippen LogP contribution >= 0.6 is 32.5 Å². The van der Waals surface area contributed by atoms with Crippen molar-refractivity contribution in [3.8, 4) is 0 Å². The minimum Gasteiger partial charge on any atom is -2.00 e. The van der Waals surface area contributed by atoms with Crippen molar-refractivity contribution in [1.82, 2.24) is 0 Å². The maximum absolute atomic E-state index is 3.88. The van der Waals surface area contributed by atoms with E-state index < -0.39 is 0 Å². The zero-order valence-corrected chi connectivity index (χ0v) is 11.1. The van der Waals surface area contributed by atoms with Crippen molar-refractivity contribution in [2.24, 2.45) is 0 Å². The number of rotatable bonds is 0. The molecule has 0 aliphatic rings. The van der Waals surface area contributed by atoms with Gasteiger partial charge >= 0.3 is 47.9 Å². The van der Waals surface area contributed by atoms with E-state index in [0.717, 1.165) is 0 Å². The van der Waals surface area contributed by atoms with Gasteiger partial charge in [-0.1, -0.05) is 0 Å². The fourth-order valence-corrected chi connectivity index (χ4v) is 0. The molecular weight excluding hydrogens is 465 g/mol. The molecule has 0 spiro atoms. The van der Waals surface area contributed by atoms with E-state index >= 15 is 0 Å². The summed E-state index contributed by atoms with van der Waals surface area (Å²) in [5.41, 5.74) is 0. The Balaban J connectivity index is -0.00000000333. The van der Waals surface area contributed by atoms with Gasteiger partial charge in [0.15, 0.2) is 0 Å². The van der Waals surface area contributed by atoms with Crippen LogP contribution in [-0.2, 0) is 35.6 Å². The fourth-order valence-electron chi connectivity index (χ4n) is 0. The van der Waals surface area contributed by atoms with Crippen LogP contribution in [0.2, 0.25) is 0 Å². The molecule has 3 nitrogen and oxygen atoms in total. The predicted molar refractivity (Wildman–Crippen MR) is 26.1 cm³/mol. The van der Waals surface area contributed by atoms with Crippen LogP contribution in [0.4, 0.5) is 0 Å². The number of halogens is 2. The Morgan fingerprint density at radius 3 is 1.00 bits per heavy atom. The van der Waals surface area contributed by atoms with Gasteiger partial charge in [0.05, 0.1) is 0 Å². The van der Waals surface area contributed by atoms with E-state index in [1.165, 1.54) is 0 Å². The van der Waals surface area contributed by atoms with Crippen LogP contribution in [0.15, 0.2) is 0 Å². The Morgan fingerprint density at radius 2 is 1.00 bits per heavy atom. The molecule has 0 N–H and O–H groups in total. The summed E-state index contributed by atoms with van der Waals surface area (Å²) in [4.78, 5) is 0. The van der Waals surface area contributed by atoms with Crippen molar-refractivity contribution in [1.29, 1.82) is 0 Å². The van der Waals surface area contributed by atoms with E-state index in [4.69, 9.17) is 0 Å². The number of hydrogen-bond acceptors (Lipinski definition) is 1. The molecule has 0 aliphatic carbocycles. The molecule has 0 aliphatic heterocycles.